The Bertz CT molecular complexity index is 1030. The molecule has 4 rings (SSSR count). The van der Waals surface area contributed by atoms with Crippen LogP contribution >= 0.6 is 11.3 Å². The van der Waals surface area contributed by atoms with Gasteiger partial charge in [0.05, 0.1) is 10.2 Å². The van der Waals surface area contributed by atoms with Gasteiger partial charge in [-0.05, 0) is 37.1 Å². The van der Waals surface area contributed by atoms with Crippen molar-refractivity contribution in [2.75, 3.05) is 6.61 Å². The lowest BCUT2D eigenvalue weighted by Gasteiger charge is -2.23. The number of aromatic nitrogens is 1. The topological polar surface area (TPSA) is 52.8 Å². The highest BCUT2D eigenvalue weighted by Crippen LogP contribution is 2.31. The van der Waals surface area contributed by atoms with E-state index in [0.29, 0.717) is 16.3 Å². The van der Waals surface area contributed by atoms with Crippen LogP contribution in [0.5, 0.6) is 11.5 Å². The lowest BCUT2D eigenvalue weighted by Crippen LogP contribution is -2.36. The van der Waals surface area contributed by atoms with Crippen molar-refractivity contribution in [2.45, 2.75) is 32.9 Å². The van der Waals surface area contributed by atoms with Gasteiger partial charge in [-0.2, -0.15) is 4.99 Å². The number of carbonyl (C=O) groups is 1. The number of fused-ring (bicyclic) bond motifs is 2. The predicted octanol–water partition coefficient (Wildman–Crippen LogP) is 3.55. The largest absolute Gasteiger partial charge is 0.485 e. The van der Waals surface area contributed by atoms with Gasteiger partial charge in [0, 0.05) is 6.54 Å². The normalized spacial score (nSPS) is 16.8. The molecule has 1 aromatic heterocycles. The van der Waals surface area contributed by atoms with Gasteiger partial charge >= 0.3 is 0 Å². The Morgan fingerprint density at radius 1 is 1.19 bits per heavy atom. The number of benzene rings is 2. The van der Waals surface area contributed by atoms with Crippen LogP contribution in [0.3, 0.4) is 0 Å². The summed E-state index contributed by atoms with van der Waals surface area (Å²) in [5.74, 6) is 0.932. The first kappa shape index (κ1) is 16.8. The molecule has 0 bridgehead atoms. The van der Waals surface area contributed by atoms with E-state index in [-0.39, 0.29) is 12.5 Å². The zero-order chi connectivity index (χ0) is 18.1. The van der Waals surface area contributed by atoms with Crippen LogP contribution in [0.1, 0.15) is 19.4 Å². The van der Waals surface area contributed by atoms with Crippen LogP contribution < -0.4 is 14.3 Å². The molecular formula is C20H20N2O3S. The van der Waals surface area contributed by atoms with Crippen molar-refractivity contribution >= 4 is 27.5 Å². The number of hydrogen-bond donors (Lipinski definition) is 0. The standard InChI is InChI=1S/C20H20N2O3S/c1-3-13-8-7-11-17-18(13)22(4-2)20(26-17)21-19(23)16-12-24-14-9-5-6-10-15(14)25-16/h5-11,16H,3-4,12H2,1-2H3/t16-/m0/s1. The predicted molar refractivity (Wildman–Crippen MR) is 102 cm³/mol. The number of carbonyl (C=O) groups excluding carboxylic acids is 1. The van der Waals surface area contributed by atoms with E-state index in [0.717, 1.165) is 17.7 Å². The maximum absolute atomic E-state index is 12.7. The molecule has 0 N–H and O–H groups in total. The number of aryl methyl sites for hydroxylation is 2. The molecule has 0 aliphatic carbocycles. The van der Waals surface area contributed by atoms with Gasteiger partial charge in [-0.25, -0.2) is 0 Å². The van der Waals surface area contributed by atoms with E-state index in [9.17, 15) is 4.79 Å². The first-order valence-electron chi connectivity index (χ1n) is 8.79. The zero-order valence-electron chi connectivity index (χ0n) is 14.8. The average molecular weight is 368 g/mol. The number of para-hydroxylation sites is 3. The van der Waals surface area contributed by atoms with Gasteiger partial charge in [0.15, 0.2) is 16.3 Å². The van der Waals surface area contributed by atoms with Crippen LogP contribution in [0.2, 0.25) is 0 Å². The molecule has 0 unspecified atom stereocenters. The van der Waals surface area contributed by atoms with Crippen molar-refractivity contribution in [3.63, 3.8) is 0 Å². The van der Waals surface area contributed by atoms with Crippen LogP contribution in [-0.4, -0.2) is 23.2 Å². The van der Waals surface area contributed by atoms with E-state index in [2.05, 4.69) is 41.6 Å². The third kappa shape index (κ3) is 2.90. The summed E-state index contributed by atoms with van der Waals surface area (Å²) in [5.41, 5.74) is 2.43. The summed E-state index contributed by atoms with van der Waals surface area (Å²) in [6.45, 7) is 5.14. The molecule has 3 aromatic rings. The van der Waals surface area contributed by atoms with Crippen LogP contribution in [0, 0.1) is 0 Å². The van der Waals surface area contributed by atoms with Gasteiger partial charge in [0.2, 0.25) is 6.10 Å². The summed E-state index contributed by atoms with van der Waals surface area (Å²) in [5, 5.41) is 0. The molecule has 2 aromatic carbocycles. The number of thiazole rings is 1. The molecule has 134 valence electrons. The molecule has 0 saturated carbocycles. The Kier molecular flexibility index (Phi) is 4.51. The van der Waals surface area contributed by atoms with Crippen LogP contribution in [0.15, 0.2) is 47.5 Å². The molecule has 6 heteroatoms. The maximum atomic E-state index is 12.7. The van der Waals surface area contributed by atoms with Crippen molar-refractivity contribution in [3.05, 3.63) is 52.8 Å². The first-order valence-corrected chi connectivity index (χ1v) is 9.61. The minimum absolute atomic E-state index is 0.177. The van der Waals surface area contributed by atoms with Gasteiger partial charge in [0.1, 0.15) is 6.61 Å². The highest BCUT2D eigenvalue weighted by Gasteiger charge is 2.27. The van der Waals surface area contributed by atoms with Crippen molar-refractivity contribution in [3.8, 4) is 11.5 Å². The summed E-state index contributed by atoms with van der Waals surface area (Å²) in [6.07, 6.45) is 0.226. The minimum atomic E-state index is -0.717. The zero-order valence-corrected chi connectivity index (χ0v) is 15.6. The Labute approximate surface area is 155 Å². The Hall–Kier alpha value is -2.60. The highest BCUT2D eigenvalue weighted by molar-refractivity contribution is 7.16. The smallest absolute Gasteiger partial charge is 0.292 e. The van der Waals surface area contributed by atoms with Crippen LogP contribution in [0.4, 0.5) is 0 Å². The van der Waals surface area contributed by atoms with E-state index in [4.69, 9.17) is 9.47 Å². The van der Waals surface area contributed by atoms with Crippen molar-refractivity contribution in [1.82, 2.24) is 4.57 Å². The number of rotatable bonds is 3. The molecule has 1 aliphatic rings. The number of hydrogen-bond acceptors (Lipinski definition) is 4. The molecule has 0 spiro atoms. The summed E-state index contributed by atoms with van der Waals surface area (Å²) in [6, 6.07) is 13.6. The fraction of sp³-hybridized carbons (Fsp3) is 0.300. The quantitative estimate of drug-likeness (QED) is 0.710. The molecule has 1 atom stereocenters. The Morgan fingerprint density at radius 2 is 2.00 bits per heavy atom. The molecule has 2 heterocycles. The van der Waals surface area contributed by atoms with Gasteiger partial charge in [-0.15, -0.1) is 0 Å². The Balaban J connectivity index is 1.71. The number of ether oxygens (including phenoxy) is 2. The molecule has 0 saturated heterocycles. The van der Waals surface area contributed by atoms with Gasteiger partial charge < -0.3 is 14.0 Å². The minimum Gasteiger partial charge on any atom is -0.485 e. The van der Waals surface area contributed by atoms with Crippen molar-refractivity contribution < 1.29 is 14.3 Å². The van der Waals surface area contributed by atoms with Crippen LogP contribution in [0.25, 0.3) is 10.2 Å². The third-order valence-electron chi connectivity index (χ3n) is 4.47. The van der Waals surface area contributed by atoms with Crippen LogP contribution in [-0.2, 0) is 17.8 Å². The summed E-state index contributed by atoms with van der Waals surface area (Å²) >= 11 is 1.54. The van der Waals surface area contributed by atoms with E-state index in [1.165, 1.54) is 22.4 Å². The molecule has 1 aliphatic heterocycles. The number of nitrogens with zero attached hydrogens (tertiary/aromatic N) is 2. The highest BCUT2D eigenvalue weighted by atomic mass is 32.1. The average Bonchev–Trinajstić information content (AvgIpc) is 3.04. The van der Waals surface area contributed by atoms with Gasteiger partial charge in [-0.1, -0.05) is 42.5 Å². The second kappa shape index (κ2) is 6.96. The monoisotopic (exact) mass is 368 g/mol. The maximum Gasteiger partial charge on any atom is 0.292 e. The molecule has 5 nitrogen and oxygen atoms in total. The van der Waals surface area contributed by atoms with Gasteiger partial charge in [-0.3, -0.25) is 4.79 Å². The van der Waals surface area contributed by atoms with E-state index in [1.807, 2.05) is 18.2 Å². The summed E-state index contributed by atoms with van der Waals surface area (Å²) < 4.78 is 14.7. The summed E-state index contributed by atoms with van der Waals surface area (Å²) in [4.78, 5) is 17.8. The molecular weight excluding hydrogens is 348 g/mol. The summed E-state index contributed by atoms with van der Waals surface area (Å²) in [7, 11) is 0. The fourth-order valence-corrected chi connectivity index (χ4v) is 4.32. The Morgan fingerprint density at radius 3 is 2.77 bits per heavy atom. The molecule has 0 fully saturated rings. The van der Waals surface area contributed by atoms with E-state index >= 15 is 0 Å². The molecule has 1 amide bonds. The van der Waals surface area contributed by atoms with Crippen molar-refractivity contribution in [1.29, 1.82) is 0 Å². The second-order valence-electron chi connectivity index (χ2n) is 6.06. The third-order valence-corrected chi connectivity index (χ3v) is 5.52. The lowest BCUT2D eigenvalue weighted by atomic mass is 10.1. The van der Waals surface area contributed by atoms with Crippen molar-refractivity contribution in [2.24, 2.45) is 4.99 Å². The molecule has 0 radical (unpaired) electrons. The van der Waals surface area contributed by atoms with E-state index in [1.54, 1.807) is 6.07 Å². The lowest BCUT2D eigenvalue weighted by molar-refractivity contribution is -0.127. The molecule has 26 heavy (non-hydrogen) atoms. The second-order valence-corrected chi connectivity index (χ2v) is 7.07. The van der Waals surface area contributed by atoms with Gasteiger partial charge in [0.25, 0.3) is 5.91 Å². The number of amides is 1. The SMILES string of the molecule is CCc1cccc2sc(=NC(=O)[C@@H]3COc4ccccc4O3)n(CC)c12. The first-order chi connectivity index (χ1) is 12.7. The van der Waals surface area contributed by atoms with E-state index < -0.39 is 6.10 Å². The fourth-order valence-electron chi connectivity index (χ4n) is 3.17.